The van der Waals surface area contributed by atoms with E-state index in [1.165, 1.54) is 23.3 Å². The summed E-state index contributed by atoms with van der Waals surface area (Å²) < 4.78 is 21.0. The van der Waals surface area contributed by atoms with Crippen LogP contribution in [0.1, 0.15) is 30.1 Å². The van der Waals surface area contributed by atoms with Gasteiger partial charge < -0.3 is 14.6 Å². The molecule has 158 valence electrons. The summed E-state index contributed by atoms with van der Waals surface area (Å²) >= 11 is 0. The summed E-state index contributed by atoms with van der Waals surface area (Å²) in [7, 11) is 0. The van der Waals surface area contributed by atoms with Crippen LogP contribution >= 0.6 is 0 Å². The topological polar surface area (TPSA) is 76.0 Å². The number of likely N-dealkylation sites (tertiary alicyclic amines) is 1. The highest BCUT2D eigenvalue weighted by Gasteiger charge is 2.35. The summed E-state index contributed by atoms with van der Waals surface area (Å²) in [6.07, 6.45) is 4.36. The average Bonchev–Trinajstić information content (AvgIpc) is 3.44. The largest absolute Gasteiger partial charge is 0.473 e. The van der Waals surface area contributed by atoms with E-state index in [4.69, 9.17) is 4.74 Å². The molecule has 31 heavy (non-hydrogen) atoms. The highest BCUT2D eigenvalue weighted by atomic mass is 19.1. The predicted octanol–water partition coefficient (Wildman–Crippen LogP) is 3.96. The number of fused-ring (bicyclic) bond motifs is 1. The van der Waals surface area contributed by atoms with Gasteiger partial charge >= 0.3 is 0 Å². The van der Waals surface area contributed by atoms with Gasteiger partial charge in [-0.05, 0) is 38.0 Å². The summed E-state index contributed by atoms with van der Waals surface area (Å²) in [4.78, 5) is 19.7. The molecule has 2 atom stereocenters. The first-order valence-electron chi connectivity index (χ1n) is 10.3. The molecule has 1 aliphatic rings. The Morgan fingerprint density at radius 1 is 1.16 bits per heavy atom. The highest BCUT2D eigenvalue weighted by Crippen LogP contribution is 2.28. The van der Waals surface area contributed by atoms with Gasteiger partial charge in [0.15, 0.2) is 5.88 Å². The predicted molar refractivity (Wildman–Crippen MR) is 114 cm³/mol. The Kier molecular flexibility index (Phi) is 4.89. The van der Waals surface area contributed by atoms with Crippen molar-refractivity contribution in [2.75, 3.05) is 6.54 Å². The summed E-state index contributed by atoms with van der Waals surface area (Å²) in [6, 6.07) is 14.2. The average molecular weight is 419 g/mol. The van der Waals surface area contributed by atoms with E-state index in [0.717, 1.165) is 23.7 Å². The fourth-order valence-corrected chi connectivity index (χ4v) is 4.20. The monoisotopic (exact) mass is 419 g/mol. The molecule has 0 aliphatic carbocycles. The molecule has 0 radical (unpaired) electrons. The summed E-state index contributed by atoms with van der Waals surface area (Å²) in [5.41, 5.74) is 1.29. The van der Waals surface area contributed by atoms with Gasteiger partial charge in [0.1, 0.15) is 23.2 Å². The third-order valence-corrected chi connectivity index (χ3v) is 5.80. The summed E-state index contributed by atoms with van der Waals surface area (Å²) in [5, 5.41) is 9.20. The van der Waals surface area contributed by atoms with Crippen molar-refractivity contribution >= 4 is 16.8 Å². The third kappa shape index (κ3) is 3.54. The molecular weight excluding hydrogens is 397 g/mol. The van der Waals surface area contributed by atoms with Crippen LogP contribution in [0.5, 0.6) is 5.88 Å². The lowest BCUT2D eigenvalue weighted by Gasteiger charge is -2.39. The molecule has 1 N–H and O–H groups in total. The van der Waals surface area contributed by atoms with Crippen molar-refractivity contribution in [2.45, 2.75) is 31.9 Å². The van der Waals surface area contributed by atoms with Crippen molar-refractivity contribution < 1.29 is 13.9 Å². The Morgan fingerprint density at radius 3 is 2.77 bits per heavy atom. The van der Waals surface area contributed by atoms with E-state index in [-0.39, 0.29) is 23.6 Å². The molecule has 0 unspecified atom stereocenters. The van der Waals surface area contributed by atoms with E-state index in [1.807, 2.05) is 37.3 Å². The number of halogens is 1. The molecular formula is C23H22FN5O2. The molecule has 1 saturated heterocycles. The second kappa shape index (κ2) is 7.86. The number of carbonyl (C=O) groups excluding carboxylic acids is 1. The van der Waals surface area contributed by atoms with Crippen LogP contribution in [0.25, 0.3) is 16.6 Å². The number of benzene rings is 2. The highest BCUT2D eigenvalue weighted by molar-refractivity contribution is 5.98. The second-order valence-corrected chi connectivity index (χ2v) is 7.71. The van der Waals surface area contributed by atoms with Crippen molar-refractivity contribution in [3.05, 3.63) is 72.3 Å². The Hall–Kier alpha value is -3.68. The Bertz CT molecular complexity index is 1190. The number of hydrogen-bond acceptors (Lipinski definition) is 4. The molecule has 7 nitrogen and oxygen atoms in total. The van der Waals surface area contributed by atoms with Gasteiger partial charge in [0.25, 0.3) is 5.91 Å². The number of para-hydroxylation sites is 1. The maximum Gasteiger partial charge on any atom is 0.259 e. The number of amides is 1. The molecule has 5 rings (SSSR count). The lowest BCUT2D eigenvalue weighted by molar-refractivity contribution is 0.0265. The minimum absolute atomic E-state index is 0.0307. The fraction of sp³-hybridized carbons (Fsp3) is 0.261. The number of carbonyl (C=O) groups is 1. The van der Waals surface area contributed by atoms with Gasteiger partial charge in [-0.3, -0.25) is 4.79 Å². The van der Waals surface area contributed by atoms with E-state index in [1.54, 1.807) is 17.0 Å². The van der Waals surface area contributed by atoms with Crippen LogP contribution in [0.2, 0.25) is 0 Å². The van der Waals surface area contributed by atoms with Crippen molar-refractivity contribution in [2.24, 2.45) is 0 Å². The van der Waals surface area contributed by atoms with Crippen molar-refractivity contribution in [1.82, 2.24) is 24.9 Å². The normalized spacial score (nSPS) is 19.0. The zero-order valence-corrected chi connectivity index (χ0v) is 17.0. The SMILES string of the molecule is C[C@H]1[C@H](Oc2cc3ccccc3[nH]2)CCCN1C(=O)c1c(F)cccc1-n1nccn1. The molecule has 8 heteroatoms. The second-order valence-electron chi connectivity index (χ2n) is 7.71. The summed E-state index contributed by atoms with van der Waals surface area (Å²) in [6.45, 7) is 2.48. The molecule has 1 amide bonds. The number of piperidine rings is 1. The number of H-pyrrole nitrogens is 1. The minimum Gasteiger partial charge on any atom is -0.473 e. The van der Waals surface area contributed by atoms with Gasteiger partial charge in [-0.1, -0.05) is 24.3 Å². The molecule has 4 aromatic rings. The fourth-order valence-electron chi connectivity index (χ4n) is 4.20. The lowest BCUT2D eigenvalue weighted by atomic mass is 9.98. The summed E-state index contributed by atoms with van der Waals surface area (Å²) in [5.74, 6) is -0.312. The standard InChI is InChI=1S/C23H22FN5O2/c1-15-20(31-21-14-16-6-2-3-8-18(16)27-21)10-5-13-28(15)23(30)22-17(24)7-4-9-19(22)29-25-11-12-26-29/h2-4,6-9,11-12,14-15,20,27H,5,10,13H2,1H3/t15-,20+/m0/s1. The molecule has 3 heterocycles. The van der Waals surface area contributed by atoms with Crippen LogP contribution in [0.15, 0.2) is 60.9 Å². The van der Waals surface area contributed by atoms with Crippen LogP contribution in [-0.2, 0) is 0 Å². The molecule has 1 fully saturated rings. The lowest BCUT2D eigenvalue weighted by Crippen LogP contribution is -2.51. The zero-order valence-electron chi connectivity index (χ0n) is 17.0. The Balaban J connectivity index is 1.41. The third-order valence-electron chi connectivity index (χ3n) is 5.80. The Morgan fingerprint density at radius 2 is 1.97 bits per heavy atom. The molecule has 0 spiro atoms. The van der Waals surface area contributed by atoms with Gasteiger partial charge in [0.2, 0.25) is 0 Å². The van der Waals surface area contributed by atoms with Gasteiger partial charge in [-0.2, -0.15) is 15.0 Å². The van der Waals surface area contributed by atoms with Crippen molar-refractivity contribution in [3.63, 3.8) is 0 Å². The van der Waals surface area contributed by atoms with Gasteiger partial charge in [-0.15, -0.1) is 0 Å². The first-order chi connectivity index (χ1) is 15.1. The maximum absolute atomic E-state index is 14.8. The quantitative estimate of drug-likeness (QED) is 0.543. The molecule has 1 aliphatic heterocycles. The Labute approximate surface area is 178 Å². The smallest absolute Gasteiger partial charge is 0.259 e. The van der Waals surface area contributed by atoms with Gasteiger partial charge in [0.05, 0.1) is 18.4 Å². The van der Waals surface area contributed by atoms with Crippen LogP contribution in [-0.4, -0.2) is 49.5 Å². The van der Waals surface area contributed by atoms with Gasteiger partial charge in [-0.25, -0.2) is 4.39 Å². The van der Waals surface area contributed by atoms with Crippen molar-refractivity contribution in [3.8, 4) is 11.6 Å². The number of ether oxygens (including phenoxy) is 1. The number of nitrogens with one attached hydrogen (secondary N) is 1. The molecule has 0 saturated carbocycles. The number of nitrogens with zero attached hydrogens (tertiary/aromatic N) is 4. The number of rotatable bonds is 4. The first kappa shape index (κ1) is 19.3. The van der Waals surface area contributed by atoms with Crippen LogP contribution in [0, 0.1) is 5.82 Å². The first-order valence-corrected chi connectivity index (χ1v) is 10.3. The van der Waals surface area contributed by atoms with E-state index in [0.29, 0.717) is 18.1 Å². The number of hydrogen-bond donors (Lipinski definition) is 1. The molecule has 2 aromatic heterocycles. The van der Waals surface area contributed by atoms with Crippen LogP contribution in [0.3, 0.4) is 0 Å². The molecule has 0 bridgehead atoms. The van der Waals surface area contributed by atoms with E-state index < -0.39 is 5.82 Å². The van der Waals surface area contributed by atoms with Gasteiger partial charge in [0, 0.05) is 23.5 Å². The van der Waals surface area contributed by atoms with E-state index in [9.17, 15) is 9.18 Å². The van der Waals surface area contributed by atoms with E-state index >= 15 is 0 Å². The van der Waals surface area contributed by atoms with E-state index in [2.05, 4.69) is 15.2 Å². The number of aromatic amines is 1. The molecule has 2 aromatic carbocycles. The van der Waals surface area contributed by atoms with Crippen LogP contribution in [0.4, 0.5) is 4.39 Å². The number of aromatic nitrogens is 4. The minimum atomic E-state index is -0.592. The zero-order chi connectivity index (χ0) is 21.4. The maximum atomic E-state index is 14.8. The van der Waals surface area contributed by atoms with Crippen LogP contribution < -0.4 is 4.74 Å². The van der Waals surface area contributed by atoms with Crippen molar-refractivity contribution in [1.29, 1.82) is 0 Å².